The van der Waals surface area contributed by atoms with Crippen molar-refractivity contribution in [1.82, 2.24) is 10.3 Å². The summed E-state index contributed by atoms with van der Waals surface area (Å²) < 4.78 is 5.17. The second-order valence-electron chi connectivity index (χ2n) is 5.22. The van der Waals surface area contributed by atoms with E-state index >= 15 is 0 Å². The summed E-state index contributed by atoms with van der Waals surface area (Å²) >= 11 is 0. The van der Waals surface area contributed by atoms with E-state index in [1.54, 1.807) is 6.20 Å². The number of ether oxygens (including phenoxy) is 1. The molecule has 1 rings (SSSR count). The van der Waals surface area contributed by atoms with E-state index in [0.29, 0.717) is 0 Å². The van der Waals surface area contributed by atoms with Gasteiger partial charge in [0.05, 0.1) is 17.8 Å². The normalized spacial score (nSPS) is 14.7. The van der Waals surface area contributed by atoms with Crippen LogP contribution in [0.3, 0.4) is 0 Å². The standard InChI is InChI=1S/C13H21N3O2/c1-9(16-12(17)18-13(2,3)4)11(14)10-7-5-6-8-15-10/h5-9,11H,14H2,1-4H3,(H,16,17)/t9-,11-/m0/s1. The lowest BCUT2D eigenvalue weighted by atomic mass is 10.1. The van der Waals surface area contributed by atoms with Gasteiger partial charge in [0.1, 0.15) is 5.60 Å². The zero-order valence-electron chi connectivity index (χ0n) is 11.3. The van der Waals surface area contributed by atoms with Crippen LogP contribution in [0.15, 0.2) is 24.4 Å². The largest absolute Gasteiger partial charge is 0.444 e. The number of amides is 1. The van der Waals surface area contributed by atoms with Gasteiger partial charge in [0.25, 0.3) is 0 Å². The van der Waals surface area contributed by atoms with Gasteiger partial charge in [-0.25, -0.2) is 4.79 Å². The van der Waals surface area contributed by atoms with E-state index in [4.69, 9.17) is 10.5 Å². The van der Waals surface area contributed by atoms with Crippen molar-refractivity contribution in [2.75, 3.05) is 0 Å². The van der Waals surface area contributed by atoms with Gasteiger partial charge in [-0.05, 0) is 39.8 Å². The number of carbonyl (C=O) groups is 1. The molecular formula is C13H21N3O2. The number of hydrogen-bond acceptors (Lipinski definition) is 4. The molecule has 0 spiro atoms. The van der Waals surface area contributed by atoms with Crippen molar-refractivity contribution < 1.29 is 9.53 Å². The molecule has 0 radical (unpaired) electrons. The number of nitrogens with two attached hydrogens (primary N) is 1. The van der Waals surface area contributed by atoms with Crippen molar-refractivity contribution >= 4 is 6.09 Å². The van der Waals surface area contributed by atoms with Crippen molar-refractivity contribution in [2.45, 2.75) is 45.4 Å². The van der Waals surface area contributed by atoms with Crippen LogP contribution in [0.1, 0.15) is 39.4 Å². The van der Waals surface area contributed by atoms with Gasteiger partial charge in [-0.3, -0.25) is 4.98 Å². The lowest BCUT2D eigenvalue weighted by Crippen LogP contribution is -2.43. The van der Waals surface area contributed by atoms with E-state index in [2.05, 4.69) is 10.3 Å². The number of rotatable bonds is 3. The monoisotopic (exact) mass is 251 g/mol. The minimum atomic E-state index is -0.515. The predicted molar refractivity (Wildman–Crippen MR) is 70.0 cm³/mol. The molecule has 0 saturated heterocycles. The van der Waals surface area contributed by atoms with Crippen LogP contribution >= 0.6 is 0 Å². The Hall–Kier alpha value is -1.62. The molecule has 0 aliphatic rings. The topological polar surface area (TPSA) is 77.2 Å². The van der Waals surface area contributed by atoms with Gasteiger partial charge >= 0.3 is 6.09 Å². The summed E-state index contributed by atoms with van der Waals surface area (Å²) in [5.74, 6) is 0. The van der Waals surface area contributed by atoms with E-state index in [0.717, 1.165) is 5.69 Å². The molecule has 5 nitrogen and oxygen atoms in total. The Morgan fingerprint density at radius 3 is 2.61 bits per heavy atom. The second kappa shape index (κ2) is 5.82. The molecule has 0 fully saturated rings. The molecule has 0 aliphatic heterocycles. The molecule has 5 heteroatoms. The van der Waals surface area contributed by atoms with Gasteiger partial charge in [-0.2, -0.15) is 0 Å². The highest BCUT2D eigenvalue weighted by Gasteiger charge is 2.21. The molecule has 0 aliphatic carbocycles. The summed E-state index contributed by atoms with van der Waals surface area (Å²) in [5.41, 5.74) is 6.24. The predicted octanol–water partition coefficient (Wildman–Crippen LogP) is 1.99. The Balaban J connectivity index is 2.55. The first-order valence-corrected chi connectivity index (χ1v) is 5.95. The van der Waals surface area contributed by atoms with E-state index in [1.165, 1.54) is 0 Å². The molecule has 18 heavy (non-hydrogen) atoms. The van der Waals surface area contributed by atoms with Crippen LogP contribution in [-0.4, -0.2) is 22.7 Å². The van der Waals surface area contributed by atoms with Crippen LogP contribution in [-0.2, 0) is 4.74 Å². The number of hydrogen-bond donors (Lipinski definition) is 2. The van der Waals surface area contributed by atoms with Gasteiger partial charge in [-0.1, -0.05) is 6.07 Å². The Kier molecular flexibility index (Phi) is 4.67. The lowest BCUT2D eigenvalue weighted by Gasteiger charge is -2.24. The summed E-state index contributed by atoms with van der Waals surface area (Å²) in [5, 5.41) is 2.71. The number of carbonyl (C=O) groups excluding carboxylic acids is 1. The van der Waals surface area contributed by atoms with Crippen molar-refractivity contribution in [1.29, 1.82) is 0 Å². The summed E-state index contributed by atoms with van der Waals surface area (Å²) in [6.45, 7) is 7.27. The fourth-order valence-corrected chi connectivity index (χ4v) is 1.41. The quantitative estimate of drug-likeness (QED) is 0.861. The van der Waals surface area contributed by atoms with Crippen LogP contribution < -0.4 is 11.1 Å². The molecule has 3 N–H and O–H groups in total. The number of nitrogens with zero attached hydrogens (tertiary/aromatic N) is 1. The van der Waals surface area contributed by atoms with Crippen LogP contribution in [0.4, 0.5) is 4.79 Å². The SMILES string of the molecule is C[C@H](NC(=O)OC(C)(C)C)[C@H](N)c1ccccn1. The van der Waals surface area contributed by atoms with Crippen LogP contribution in [0.2, 0.25) is 0 Å². The maximum atomic E-state index is 11.6. The minimum Gasteiger partial charge on any atom is -0.444 e. The van der Waals surface area contributed by atoms with Crippen LogP contribution in [0, 0.1) is 0 Å². The molecule has 1 aromatic rings. The smallest absolute Gasteiger partial charge is 0.407 e. The van der Waals surface area contributed by atoms with Crippen molar-refractivity contribution in [3.05, 3.63) is 30.1 Å². The number of alkyl carbamates (subject to hydrolysis) is 1. The van der Waals surface area contributed by atoms with E-state index in [-0.39, 0.29) is 12.1 Å². The fraction of sp³-hybridized carbons (Fsp3) is 0.538. The summed E-state index contributed by atoms with van der Waals surface area (Å²) in [7, 11) is 0. The second-order valence-corrected chi connectivity index (χ2v) is 5.22. The van der Waals surface area contributed by atoms with Crippen molar-refractivity contribution in [3.8, 4) is 0 Å². The first kappa shape index (κ1) is 14.4. The van der Waals surface area contributed by atoms with E-state index in [1.807, 2.05) is 45.9 Å². The average Bonchev–Trinajstić information content (AvgIpc) is 2.26. The Morgan fingerprint density at radius 2 is 2.11 bits per heavy atom. The summed E-state index contributed by atoms with van der Waals surface area (Å²) in [6, 6.07) is 4.90. The zero-order chi connectivity index (χ0) is 13.8. The highest BCUT2D eigenvalue weighted by atomic mass is 16.6. The first-order chi connectivity index (χ1) is 8.29. The van der Waals surface area contributed by atoms with Crippen LogP contribution in [0.5, 0.6) is 0 Å². The lowest BCUT2D eigenvalue weighted by molar-refractivity contribution is 0.0501. The van der Waals surface area contributed by atoms with Gasteiger partial charge in [0.2, 0.25) is 0 Å². The third-order valence-corrected chi connectivity index (χ3v) is 2.31. The average molecular weight is 251 g/mol. The van der Waals surface area contributed by atoms with Gasteiger partial charge in [0, 0.05) is 6.20 Å². The molecule has 0 saturated carbocycles. The first-order valence-electron chi connectivity index (χ1n) is 5.95. The van der Waals surface area contributed by atoms with Crippen molar-refractivity contribution in [2.24, 2.45) is 5.73 Å². The minimum absolute atomic E-state index is 0.255. The van der Waals surface area contributed by atoms with E-state index < -0.39 is 11.7 Å². The summed E-state index contributed by atoms with van der Waals surface area (Å²) in [4.78, 5) is 15.8. The molecular weight excluding hydrogens is 230 g/mol. The molecule has 1 heterocycles. The Morgan fingerprint density at radius 1 is 1.44 bits per heavy atom. The van der Waals surface area contributed by atoms with Crippen LogP contribution in [0.25, 0.3) is 0 Å². The molecule has 0 bridgehead atoms. The number of aromatic nitrogens is 1. The van der Waals surface area contributed by atoms with Gasteiger partial charge in [0.15, 0.2) is 0 Å². The van der Waals surface area contributed by atoms with Gasteiger partial charge < -0.3 is 15.8 Å². The number of nitrogens with one attached hydrogen (secondary N) is 1. The fourth-order valence-electron chi connectivity index (χ4n) is 1.41. The Bertz CT molecular complexity index is 387. The third kappa shape index (κ3) is 4.71. The maximum absolute atomic E-state index is 11.6. The zero-order valence-corrected chi connectivity index (χ0v) is 11.3. The van der Waals surface area contributed by atoms with E-state index in [9.17, 15) is 4.79 Å². The number of pyridine rings is 1. The summed E-state index contributed by atoms with van der Waals surface area (Å²) in [6.07, 6.45) is 1.21. The molecule has 0 aromatic carbocycles. The molecule has 2 atom stereocenters. The molecule has 1 amide bonds. The molecule has 0 unspecified atom stereocenters. The molecule has 1 aromatic heterocycles. The third-order valence-electron chi connectivity index (χ3n) is 2.31. The molecule has 100 valence electrons. The maximum Gasteiger partial charge on any atom is 0.407 e. The highest BCUT2D eigenvalue weighted by molar-refractivity contribution is 5.68. The Labute approximate surface area is 108 Å². The van der Waals surface area contributed by atoms with Gasteiger partial charge in [-0.15, -0.1) is 0 Å². The van der Waals surface area contributed by atoms with Crippen molar-refractivity contribution in [3.63, 3.8) is 0 Å². The highest BCUT2D eigenvalue weighted by Crippen LogP contribution is 2.12.